The van der Waals surface area contributed by atoms with Crippen molar-refractivity contribution >= 4 is 23.3 Å². The van der Waals surface area contributed by atoms with Gasteiger partial charge in [0.2, 0.25) is 0 Å². The highest BCUT2D eigenvalue weighted by Crippen LogP contribution is 2.46. The number of carbonyl (C=O) groups is 3. The molecule has 1 aliphatic carbocycles. The van der Waals surface area contributed by atoms with Crippen molar-refractivity contribution < 1.29 is 23.9 Å². The summed E-state index contributed by atoms with van der Waals surface area (Å²) in [6.45, 7) is 6.39. The van der Waals surface area contributed by atoms with Gasteiger partial charge < -0.3 is 9.47 Å². The summed E-state index contributed by atoms with van der Waals surface area (Å²) in [6, 6.07) is 10.4. The first kappa shape index (κ1) is 26.7. The molecule has 0 aliphatic heterocycles. The van der Waals surface area contributed by atoms with E-state index >= 15 is 0 Å². The van der Waals surface area contributed by atoms with Gasteiger partial charge in [-0.2, -0.15) is 10.4 Å². The monoisotopic (exact) mass is 468 g/mol. The van der Waals surface area contributed by atoms with E-state index in [2.05, 4.69) is 23.2 Å². The Morgan fingerprint density at radius 3 is 2.47 bits per heavy atom. The molecule has 1 fully saturated rings. The van der Waals surface area contributed by atoms with Gasteiger partial charge in [-0.15, -0.1) is 0 Å². The smallest absolute Gasteiger partial charge is 0.356 e. The minimum Gasteiger partial charge on any atom is -0.461 e. The number of para-hydroxylation sites is 1. The van der Waals surface area contributed by atoms with Crippen LogP contribution in [0.3, 0.4) is 0 Å². The van der Waals surface area contributed by atoms with Crippen LogP contribution in [0.4, 0.5) is 5.69 Å². The highest BCUT2D eigenvalue weighted by molar-refractivity contribution is 6.12. The number of benzene rings is 1. The van der Waals surface area contributed by atoms with Crippen LogP contribution in [0.25, 0.3) is 0 Å². The molecule has 2 aromatic rings. The van der Waals surface area contributed by atoms with Gasteiger partial charge in [0, 0.05) is 25.5 Å². The second kappa shape index (κ2) is 12.7. The van der Waals surface area contributed by atoms with Crippen LogP contribution in [0.15, 0.2) is 30.3 Å². The third-order valence-corrected chi connectivity index (χ3v) is 5.51. The molecule has 1 amide bonds. The molecular weight excluding hydrogens is 436 g/mol. The van der Waals surface area contributed by atoms with Gasteiger partial charge in [-0.3, -0.25) is 19.6 Å². The second-order valence-electron chi connectivity index (χ2n) is 7.93. The van der Waals surface area contributed by atoms with Gasteiger partial charge in [0.1, 0.15) is 11.2 Å². The number of amides is 1. The highest BCUT2D eigenvalue weighted by Gasteiger charge is 2.55. The normalized spacial score (nSPS) is 13.1. The number of esters is 1. The number of H-pyrrole nitrogens is 1. The number of nitrogens with zero attached hydrogens (tertiary/aromatic N) is 3. The predicted octanol–water partition coefficient (Wildman–Crippen LogP) is 3.85. The van der Waals surface area contributed by atoms with E-state index in [4.69, 9.17) is 14.7 Å². The lowest BCUT2D eigenvalue weighted by atomic mass is 10.0. The number of carbonyl (C=O) groups excluding carboxylic acids is 3. The van der Waals surface area contributed by atoms with E-state index in [1.165, 1.54) is 30.7 Å². The summed E-state index contributed by atoms with van der Waals surface area (Å²) in [4.78, 5) is 39.0. The van der Waals surface area contributed by atoms with Gasteiger partial charge in [0.15, 0.2) is 11.5 Å². The van der Waals surface area contributed by atoms with E-state index in [1.807, 2.05) is 0 Å². The molecule has 0 unspecified atom stereocenters. The number of nitrogens with one attached hydrogen (secondary N) is 1. The summed E-state index contributed by atoms with van der Waals surface area (Å²) in [7, 11) is 1.73. The average Bonchev–Trinajstić information content (AvgIpc) is 3.47. The Labute approximate surface area is 200 Å². The first-order valence-corrected chi connectivity index (χ1v) is 11.4. The van der Waals surface area contributed by atoms with Crippen molar-refractivity contribution in [2.75, 3.05) is 25.2 Å². The number of aromatic amines is 1. The summed E-state index contributed by atoms with van der Waals surface area (Å²) < 4.78 is 9.69. The number of Topliss-reactive ketones (excluding diaryl/α,β-unsaturated/α-hetero) is 1. The summed E-state index contributed by atoms with van der Waals surface area (Å²) >= 11 is 0. The molecule has 1 aromatic carbocycles. The number of rotatable bonds is 10. The van der Waals surface area contributed by atoms with Crippen molar-refractivity contribution in [3.8, 4) is 6.07 Å². The Morgan fingerprint density at radius 2 is 1.94 bits per heavy atom. The minimum atomic E-state index is -0.953. The second-order valence-corrected chi connectivity index (χ2v) is 7.93. The molecular formula is C25H32N4O5. The van der Waals surface area contributed by atoms with E-state index in [9.17, 15) is 14.4 Å². The number of unbranched alkanes of at least 4 members (excludes halogenated alkanes) is 1. The predicted molar refractivity (Wildman–Crippen MR) is 127 cm³/mol. The highest BCUT2D eigenvalue weighted by atomic mass is 16.5. The Morgan fingerprint density at radius 1 is 1.24 bits per heavy atom. The van der Waals surface area contributed by atoms with Crippen molar-refractivity contribution in [2.45, 2.75) is 58.4 Å². The summed E-state index contributed by atoms with van der Waals surface area (Å²) in [5.41, 5.74) is 0.256. The zero-order chi connectivity index (χ0) is 25.1. The first-order valence-electron chi connectivity index (χ1n) is 11.4. The lowest BCUT2D eigenvalue weighted by Gasteiger charge is -2.31. The Bertz CT molecular complexity index is 1030. The van der Waals surface area contributed by atoms with Crippen LogP contribution < -0.4 is 4.90 Å². The number of aromatic nitrogens is 2. The van der Waals surface area contributed by atoms with Crippen LogP contribution in [0.5, 0.6) is 0 Å². The molecule has 1 saturated carbocycles. The summed E-state index contributed by atoms with van der Waals surface area (Å²) in [5, 5.41) is 15.6. The van der Waals surface area contributed by atoms with Crippen molar-refractivity contribution in [3.63, 3.8) is 0 Å². The van der Waals surface area contributed by atoms with Gasteiger partial charge in [-0.1, -0.05) is 31.5 Å². The molecule has 0 radical (unpaired) electrons. The zero-order valence-electron chi connectivity index (χ0n) is 20.2. The maximum absolute atomic E-state index is 13.3. The van der Waals surface area contributed by atoms with Crippen LogP contribution in [-0.4, -0.2) is 53.7 Å². The van der Waals surface area contributed by atoms with E-state index in [0.717, 1.165) is 6.61 Å². The molecule has 0 saturated heterocycles. The average molecular weight is 469 g/mol. The molecule has 0 bridgehead atoms. The van der Waals surface area contributed by atoms with Crippen LogP contribution in [0.2, 0.25) is 0 Å². The molecule has 9 heteroatoms. The molecule has 0 atom stereocenters. The van der Waals surface area contributed by atoms with Gasteiger partial charge in [0.05, 0.1) is 19.1 Å². The standard InChI is InChI=1S/C20H20N4O4.C5H12O/c1-3-28-19(27)16-12-15(22-23-16)18(26)24(20(9-10-20)13(2)25)17-7-5-4-6-14(17)8-11-21;1-3-4-5-6-2/h4-7,12H,3,8-10H2,1-2H3,(H,22,23);3-5H2,1-2H3. The van der Waals surface area contributed by atoms with Crippen molar-refractivity contribution in [3.05, 3.63) is 47.3 Å². The number of methoxy groups -OCH3 is 1. The third kappa shape index (κ3) is 6.29. The molecule has 1 aliphatic rings. The number of anilines is 1. The van der Waals surface area contributed by atoms with E-state index < -0.39 is 17.4 Å². The largest absolute Gasteiger partial charge is 0.461 e. The van der Waals surface area contributed by atoms with Gasteiger partial charge in [-0.25, -0.2) is 4.79 Å². The fourth-order valence-electron chi connectivity index (χ4n) is 3.50. The SMILES string of the molecule is CCCCOC.CCOC(=O)c1cc(C(=O)N(c2ccccc2CC#N)C2(C(C)=O)CC2)n[nH]1. The van der Waals surface area contributed by atoms with Crippen molar-refractivity contribution in [2.24, 2.45) is 0 Å². The minimum absolute atomic E-state index is 0.00217. The van der Waals surface area contributed by atoms with Crippen molar-refractivity contribution in [1.82, 2.24) is 10.2 Å². The fraction of sp³-hybridized carbons (Fsp3) is 0.480. The molecule has 1 heterocycles. The molecule has 0 spiro atoms. The van der Waals surface area contributed by atoms with Gasteiger partial charge in [0.25, 0.3) is 5.91 Å². The van der Waals surface area contributed by atoms with Crippen LogP contribution in [0.1, 0.15) is 73.0 Å². The summed E-state index contributed by atoms with van der Waals surface area (Å²) in [6.07, 6.45) is 3.58. The molecule has 1 N–H and O–H groups in total. The lowest BCUT2D eigenvalue weighted by Crippen LogP contribution is -2.47. The van der Waals surface area contributed by atoms with Crippen LogP contribution in [-0.2, 0) is 20.7 Å². The van der Waals surface area contributed by atoms with Crippen LogP contribution >= 0.6 is 0 Å². The van der Waals surface area contributed by atoms with Crippen LogP contribution in [0, 0.1) is 11.3 Å². The fourth-order valence-corrected chi connectivity index (χ4v) is 3.50. The number of ketones is 1. The maximum atomic E-state index is 13.3. The number of hydrogen-bond acceptors (Lipinski definition) is 7. The quantitative estimate of drug-likeness (QED) is 0.414. The number of hydrogen-bond donors (Lipinski definition) is 1. The first-order chi connectivity index (χ1) is 16.4. The number of ether oxygens (including phenoxy) is 2. The lowest BCUT2D eigenvalue weighted by molar-refractivity contribution is -0.119. The van der Waals surface area contributed by atoms with Crippen molar-refractivity contribution in [1.29, 1.82) is 5.26 Å². The Hall–Kier alpha value is -3.51. The van der Waals surface area contributed by atoms with E-state index in [0.29, 0.717) is 24.1 Å². The van der Waals surface area contributed by atoms with E-state index in [-0.39, 0.29) is 30.2 Å². The molecule has 9 nitrogen and oxygen atoms in total. The third-order valence-electron chi connectivity index (χ3n) is 5.51. The zero-order valence-corrected chi connectivity index (χ0v) is 20.2. The van der Waals surface area contributed by atoms with E-state index in [1.54, 1.807) is 38.3 Å². The summed E-state index contributed by atoms with van der Waals surface area (Å²) in [5.74, 6) is -1.25. The Balaban J connectivity index is 0.000000604. The molecule has 34 heavy (non-hydrogen) atoms. The molecule has 3 rings (SSSR count). The van der Waals surface area contributed by atoms with Gasteiger partial charge >= 0.3 is 5.97 Å². The topological polar surface area (TPSA) is 125 Å². The van der Waals surface area contributed by atoms with Gasteiger partial charge in [-0.05, 0) is 44.7 Å². The Kier molecular flexibility index (Phi) is 9.95. The molecule has 1 aromatic heterocycles. The maximum Gasteiger partial charge on any atom is 0.356 e. The molecule has 182 valence electrons. The number of nitriles is 1.